The van der Waals surface area contributed by atoms with Crippen LogP contribution in [0.5, 0.6) is 0 Å². The average molecular weight is 268 g/mol. The SMILES string of the molecule is O=C(O)CC[N+](Cc1ccccc1)(C(=O)O)C(=O)O. The lowest BCUT2D eigenvalue weighted by atomic mass is 10.2. The van der Waals surface area contributed by atoms with Crippen LogP contribution in [0, 0.1) is 0 Å². The third-order valence-electron chi connectivity index (χ3n) is 2.74. The Morgan fingerprint density at radius 2 is 1.47 bits per heavy atom. The summed E-state index contributed by atoms with van der Waals surface area (Å²) in [5.41, 5.74) is 0.512. The zero-order valence-electron chi connectivity index (χ0n) is 10.0. The summed E-state index contributed by atoms with van der Waals surface area (Å²) >= 11 is 0. The predicted octanol–water partition coefficient (Wildman–Crippen LogP) is 1.83. The van der Waals surface area contributed by atoms with Gasteiger partial charge in [0, 0.05) is 5.56 Å². The molecule has 1 rings (SSSR count). The molecule has 0 aliphatic carbocycles. The minimum atomic E-state index is -1.59. The van der Waals surface area contributed by atoms with E-state index in [1.165, 1.54) is 0 Å². The summed E-state index contributed by atoms with van der Waals surface area (Å²) in [6.07, 6.45) is -3.71. The first-order chi connectivity index (χ1) is 8.88. The number of imide groups is 1. The summed E-state index contributed by atoms with van der Waals surface area (Å²) in [6.45, 7) is -0.826. The normalized spacial score (nSPS) is 10.9. The van der Waals surface area contributed by atoms with Crippen molar-refractivity contribution in [2.24, 2.45) is 0 Å². The van der Waals surface area contributed by atoms with Gasteiger partial charge in [-0.25, -0.2) is 0 Å². The van der Waals surface area contributed by atoms with Crippen LogP contribution in [0.3, 0.4) is 0 Å². The number of carboxylic acids is 1. The van der Waals surface area contributed by atoms with Crippen LogP contribution in [0.2, 0.25) is 0 Å². The van der Waals surface area contributed by atoms with Crippen LogP contribution in [0.1, 0.15) is 12.0 Å². The Hall–Kier alpha value is -2.41. The average Bonchev–Trinajstić information content (AvgIpc) is 2.34. The molecule has 7 heteroatoms. The number of hydrogen-bond donors (Lipinski definition) is 3. The molecule has 0 bridgehead atoms. The maximum atomic E-state index is 11.3. The monoisotopic (exact) mass is 268 g/mol. The van der Waals surface area contributed by atoms with Gasteiger partial charge < -0.3 is 15.3 Å². The fourth-order valence-corrected chi connectivity index (χ4v) is 1.67. The van der Waals surface area contributed by atoms with E-state index in [9.17, 15) is 14.4 Å². The number of carboxylic acid groups (broad SMARTS) is 3. The van der Waals surface area contributed by atoms with Crippen LogP contribution >= 0.6 is 0 Å². The Labute approximate surface area is 108 Å². The van der Waals surface area contributed by atoms with E-state index in [0.717, 1.165) is 0 Å². The van der Waals surface area contributed by atoms with Crippen molar-refractivity contribution in [3.63, 3.8) is 0 Å². The minimum Gasteiger partial charge on any atom is -0.481 e. The Bertz CT molecular complexity index is 470. The first-order valence-electron chi connectivity index (χ1n) is 5.48. The van der Waals surface area contributed by atoms with Crippen molar-refractivity contribution >= 4 is 18.2 Å². The summed E-state index contributed by atoms with van der Waals surface area (Å²) in [7, 11) is 0. The number of aliphatic carboxylic acids is 1. The van der Waals surface area contributed by atoms with Gasteiger partial charge in [0.2, 0.25) is 0 Å². The van der Waals surface area contributed by atoms with E-state index in [1.807, 2.05) is 0 Å². The molecule has 0 saturated carbocycles. The van der Waals surface area contributed by atoms with Gasteiger partial charge in [-0.15, -0.1) is 4.48 Å². The second-order valence-electron chi connectivity index (χ2n) is 4.04. The van der Waals surface area contributed by atoms with E-state index >= 15 is 0 Å². The van der Waals surface area contributed by atoms with Gasteiger partial charge in [-0.3, -0.25) is 4.79 Å². The van der Waals surface area contributed by atoms with E-state index in [4.69, 9.17) is 15.3 Å². The highest BCUT2D eigenvalue weighted by molar-refractivity contribution is 5.75. The van der Waals surface area contributed by atoms with Crippen LogP contribution in [0.25, 0.3) is 0 Å². The van der Waals surface area contributed by atoms with E-state index in [2.05, 4.69) is 0 Å². The zero-order valence-corrected chi connectivity index (χ0v) is 10.0. The standard InChI is InChI=1S/C12H13NO6/c14-10(15)6-7-13(11(16)17,12(18)19)8-9-4-2-1-3-5-9/h1-5H,6-8H2,(H2-,14,15,16,17,18,19)/p+1. The second-order valence-corrected chi connectivity index (χ2v) is 4.04. The fraction of sp³-hybridized carbons (Fsp3) is 0.250. The van der Waals surface area contributed by atoms with E-state index in [1.54, 1.807) is 30.3 Å². The molecule has 0 aliphatic heterocycles. The number of nitrogens with zero attached hydrogens (tertiary/aromatic N) is 1. The Balaban J connectivity index is 3.06. The number of rotatable bonds is 5. The highest BCUT2D eigenvalue weighted by atomic mass is 16.4. The summed E-state index contributed by atoms with van der Waals surface area (Å²) in [5, 5.41) is 26.9. The molecular weight excluding hydrogens is 254 g/mol. The molecule has 0 aromatic heterocycles. The largest absolute Gasteiger partial charge is 0.524 e. The molecule has 0 unspecified atom stereocenters. The predicted molar refractivity (Wildman–Crippen MR) is 63.6 cm³/mol. The van der Waals surface area contributed by atoms with E-state index < -0.39 is 35.6 Å². The Morgan fingerprint density at radius 3 is 1.89 bits per heavy atom. The van der Waals surface area contributed by atoms with Gasteiger partial charge in [0.15, 0.2) is 0 Å². The molecule has 3 N–H and O–H groups in total. The summed E-state index contributed by atoms with van der Waals surface area (Å²) in [4.78, 5) is 33.1. The van der Waals surface area contributed by atoms with Crippen molar-refractivity contribution < 1.29 is 34.2 Å². The lowest BCUT2D eigenvalue weighted by Crippen LogP contribution is -2.56. The summed E-state index contributed by atoms with van der Waals surface area (Å²) in [6, 6.07) is 8.23. The molecule has 19 heavy (non-hydrogen) atoms. The van der Waals surface area contributed by atoms with Crippen molar-refractivity contribution in [2.75, 3.05) is 6.54 Å². The number of quaternary nitrogens is 1. The summed E-state index contributed by atoms with van der Waals surface area (Å²) in [5.74, 6) is -1.24. The van der Waals surface area contributed by atoms with Gasteiger partial charge in [-0.1, -0.05) is 30.3 Å². The van der Waals surface area contributed by atoms with Crippen molar-refractivity contribution in [2.45, 2.75) is 13.0 Å². The van der Waals surface area contributed by atoms with Gasteiger partial charge in [0.1, 0.15) is 13.1 Å². The molecule has 0 saturated heterocycles. The van der Waals surface area contributed by atoms with Crippen LogP contribution in [-0.2, 0) is 11.3 Å². The third kappa shape index (κ3) is 3.52. The van der Waals surface area contributed by atoms with Gasteiger partial charge in [0.05, 0.1) is 6.42 Å². The van der Waals surface area contributed by atoms with Crippen molar-refractivity contribution in [1.82, 2.24) is 0 Å². The topological polar surface area (TPSA) is 112 Å². The molecule has 0 aliphatic rings. The molecule has 0 fully saturated rings. The molecule has 7 nitrogen and oxygen atoms in total. The van der Waals surface area contributed by atoms with Gasteiger partial charge in [-0.2, -0.15) is 9.59 Å². The zero-order chi connectivity index (χ0) is 14.5. The third-order valence-corrected chi connectivity index (χ3v) is 2.74. The van der Waals surface area contributed by atoms with Crippen molar-refractivity contribution in [3.05, 3.63) is 35.9 Å². The van der Waals surface area contributed by atoms with Crippen LogP contribution in [0.15, 0.2) is 30.3 Å². The molecule has 0 atom stereocenters. The lowest BCUT2D eigenvalue weighted by molar-refractivity contribution is -0.797. The van der Waals surface area contributed by atoms with Gasteiger partial charge in [0.25, 0.3) is 0 Å². The Morgan fingerprint density at radius 1 is 0.947 bits per heavy atom. The van der Waals surface area contributed by atoms with E-state index in [0.29, 0.717) is 5.56 Å². The highest BCUT2D eigenvalue weighted by Gasteiger charge is 2.46. The molecule has 1 aromatic carbocycles. The van der Waals surface area contributed by atoms with Crippen molar-refractivity contribution in [1.29, 1.82) is 0 Å². The number of hydrogen-bond acceptors (Lipinski definition) is 3. The number of benzene rings is 1. The first kappa shape index (κ1) is 14.7. The highest BCUT2D eigenvalue weighted by Crippen LogP contribution is 2.17. The molecule has 1 aromatic rings. The lowest BCUT2D eigenvalue weighted by Gasteiger charge is -2.26. The maximum Gasteiger partial charge on any atom is 0.524 e. The molecule has 102 valence electrons. The Kier molecular flexibility index (Phi) is 4.60. The van der Waals surface area contributed by atoms with E-state index in [-0.39, 0.29) is 6.54 Å². The van der Waals surface area contributed by atoms with Gasteiger partial charge >= 0.3 is 18.2 Å². The van der Waals surface area contributed by atoms with Crippen LogP contribution in [0.4, 0.5) is 9.59 Å². The molecule has 0 heterocycles. The summed E-state index contributed by atoms with van der Waals surface area (Å²) < 4.78 is -1.35. The smallest absolute Gasteiger partial charge is 0.481 e. The quantitative estimate of drug-likeness (QED) is 0.702. The second kappa shape index (κ2) is 5.96. The minimum absolute atomic E-state index is 0.307. The van der Waals surface area contributed by atoms with Crippen LogP contribution in [-0.4, -0.2) is 44.5 Å². The first-order valence-corrected chi connectivity index (χ1v) is 5.48. The molecule has 0 spiro atoms. The number of carbonyl (C=O) groups is 3. The van der Waals surface area contributed by atoms with Gasteiger partial charge in [-0.05, 0) is 0 Å². The van der Waals surface area contributed by atoms with Crippen LogP contribution < -0.4 is 0 Å². The maximum absolute atomic E-state index is 11.3. The molecule has 0 radical (unpaired) electrons. The molecular formula is C12H14NO6+. The van der Waals surface area contributed by atoms with Crippen molar-refractivity contribution in [3.8, 4) is 0 Å². The molecule has 2 amide bonds. The fourth-order valence-electron chi connectivity index (χ4n) is 1.67. The number of amides is 2.